The highest BCUT2D eigenvalue weighted by molar-refractivity contribution is 9.10. The minimum absolute atomic E-state index is 0.599. The second-order valence-corrected chi connectivity index (χ2v) is 6.23. The maximum atomic E-state index is 5.97. The molecule has 2 rings (SSSR count). The molecular formula is C17H22BrN3O2. The summed E-state index contributed by atoms with van der Waals surface area (Å²) in [6.07, 6.45) is 1.76. The van der Waals surface area contributed by atoms with E-state index < -0.39 is 0 Å². The zero-order chi connectivity index (χ0) is 16.7. The quantitative estimate of drug-likeness (QED) is 0.761. The molecular weight excluding hydrogens is 358 g/mol. The van der Waals surface area contributed by atoms with Crippen molar-refractivity contribution in [3.8, 4) is 11.5 Å². The van der Waals surface area contributed by atoms with Gasteiger partial charge >= 0.3 is 0 Å². The minimum atomic E-state index is 0.599. The molecule has 0 saturated carbocycles. The Bertz CT molecular complexity index is 621. The molecule has 1 heterocycles. The van der Waals surface area contributed by atoms with Gasteiger partial charge in [0, 0.05) is 29.3 Å². The molecule has 0 amide bonds. The van der Waals surface area contributed by atoms with Crippen LogP contribution in [0.1, 0.15) is 5.56 Å². The molecule has 0 spiro atoms. The molecule has 0 aliphatic rings. The number of likely N-dealkylation sites (N-methyl/N-ethyl adjacent to an activating group) is 1. The number of hydrogen-bond donors (Lipinski definition) is 1. The molecule has 6 heteroatoms. The first-order chi connectivity index (χ1) is 11.1. The number of rotatable bonds is 8. The third kappa shape index (κ3) is 5.41. The number of methoxy groups -OCH3 is 1. The molecule has 2 aromatic rings. The summed E-state index contributed by atoms with van der Waals surface area (Å²) in [5.74, 6) is 2.31. The van der Waals surface area contributed by atoms with E-state index >= 15 is 0 Å². The summed E-state index contributed by atoms with van der Waals surface area (Å²) in [5.41, 5.74) is 1.01. The number of hydrogen-bond acceptors (Lipinski definition) is 5. The predicted molar refractivity (Wildman–Crippen MR) is 96.3 cm³/mol. The number of pyridine rings is 1. The van der Waals surface area contributed by atoms with Crippen LogP contribution in [0.3, 0.4) is 0 Å². The highest BCUT2D eigenvalue weighted by Gasteiger charge is 2.13. The van der Waals surface area contributed by atoms with Crippen LogP contribution in [-0.4, -0.2) is 44.2 Å². The number of benzene rings is 1. The van der Waals surface area contributed by atoms with Gasteiger partial charge in [-0.1, -0.05) is 22.0 Å². The maximum absolute atomic E-state index is 5.97. The Morgan fingerprint density at radius 2 is 2.09 bits per heavy atom. The Balaban J connectivity index is 2.16. The number of halogens is 1. The van der Waals surface area contributed by atoms with Crippen LogP contribution in [0.2, 0.25) is 0 Å². The fraction of sp³-hybridized carbons (Fsp3) is 0.353. The number of nitrogens with one attached hydrogen (secondary N) is 1. The molecule has 1 aromatic heterocycles. The predicted octanol–water partition coefficient (Wildman–Crippen LogP) is 3.41. The molecule has 5 nitrogen and oxygen atoms in total. The normalized spacial score (nSPS) is 10.7. The molecule has 0 radical (unpaired) electrons. The lowest BCUT2D eigenvalue weighted by atomic mass is 10.2. The molecule has 0 atom stereocenters. The zero-order valence-corrected chi connectivity index (χ0v) is 15.3. The van der Waals surface area contributed by atoms with Crippen molar-refractivity contribution in [3.63, 3.8) is 0 Å². The molecule has 124 valence electrons. The van der Waals surface area contributed by atoms with Gasteiger partial charge in [-0.05, 0) is 38.4 Å². The Hall–Kier alpha value is -1.79. The molecule has 0 saturated heterocycles. The molecule has 1 N–H and O–H groups in total. The van der Waals surface area contributed by atoms with Gasteiger partial charge in [0.05, 0.1) is 7.11 Å². The lowest BCUT2D eigenvalue weighted by Gasteiger charge is -2.18. The molecule has 1 aromatic carbocycles. The molecule has 0 aliphatic carbocycles. The van der Waals surface area contributed by atoms with Crippen LogP contribution in [-0.2, 0) is 6.54 Å². The molecule has 0 bridgehead atoms. The van der Waals surface area contributed by atoms with Crippen molar-refractivity contribution in [1.29, 1.82) is 0 Å². The van der Waals surface area contributed by atoms with Gasteiger partial charge in [-0.25, -0.2) is 4.98 Å². The summed E-state index contributed by atoms with van der Waals surface area (Å²) in [6.45, 7) is 2.04. The van der Waals surface area contributed by atoms with E-state index in [-0.39, 0.29) is 0 Å². The summed E-state index contributed by atoms with van der Waals surface area (Å²) in [4.78, 5) is 6.35. The smallest absolute Gasteiger partial charge is 0.166 e. The standard InChI is InChI=1S/C17H22BrN3O2/c1-21(2)8-9-23-17-13(10-14(18)11-15(17)22-3)12-20-16-6-4-5-7-19-16/h4-7,10-11H,8-9,12H2,1-3H3,(H,19,20). The van der Waals surface area contributed by atoms with E-state index in [1.165, 1.54) is 0 Å². The summed E-state index contributed by atoms with van der Waals surface area (Å²) < 4.78 is 12.4. The Morgan fingerprint density at radius 1 is 1.26 bits per heavy atom. The van der Waals surface area contributed by atoms with E-state index in [1.807, 2.05) is 44.4 Å². The van der Waals surface area contributed by atoms with Crippen LogP contribution in [0.25, 0.3) is 0 Å². The molecule has 0 fully saturated rings. The first kappa shape index (κ1) is 17.6. The van der Waals surface area contributed by atoms with Crippen LogP contribution in [0.5, 0.6) is 11.5 Å². The van der Waals surface area contributed by atoms with E-state index in [0.29, 0.717) is 13.2 Å². The molecule has 0 aliphatic heterocycles. The highest BCUT2D eigenvalue weighted by Crippen LogP contribution is 2.35. The van der Waals surface area contributed by atoms with E-state index in [4.69, 9.17) is 9.47 Å². The van der Waals surface area contributed by atoms with E-state index in [0.717, 1.165) is 33.9 Å². The summed E-state index contributed by atoms with van der Waals surface area (Å²) in [6, 6.07) is 9.72. The van der Waals surface area contributed by atoms with Gasteiger partial charge in [0.15, 0.2) is 11.5 Å². The van der Waals surface area contributed by atoms with Gasteiger partial charge in [-0.3, -0.25) is 0 Å². The number of anilines is 1. The fourth-order valence-corrected chi connectivity index (χ4v) is 2.54. The SMILES string of the molecule is COc1cc(Br)cc(CNc2ccccn2)c1OCCN(C)C. The molecule has 23 heavy (non-hydrogen) atoms. The van der Waals surface area contributed by atoms with Gasteiger partial charge in [-0.2, -0.15) is 0 Å². The van der Waals surface area contributed by atoms with E-state index in [2.05, 4.69) is 31.1 Å². The van der Waals surface area contributed by atoms with Gasteiger partial charge in [-0.15, -0.1) is 0 Å². The van der Waals surface area contributed by atoms with Crippen LogP contribution in [0.15, 0.2) is 41.0 Å². The zero-order valence-electron chi connectivity index (χ0n) is 13.7. The minimum Gasteiger partial charge on any atom is -0.493 e. The van der Waals surface area contributed by atoms with Gasteiger partial charge < -0.3 is 19.7 Å². The highest BCUT2D eigenvalue weighted by atomic mass is 79.9. The van der Waals surface area contributed by atoms with Crippen molar-refractivity contribution in [2.24, 2.45) is 0 Å². The summed E-state index contributed by atoms with van der Waals surface area (Å²) in [5, 5.41) is 3.30. The molecule has 0 unspecified atom stereocenters. The Morgan fingerprint density at radius 3 is 2.74 bits per heavy atom. The fourth-order valence-electron chi connectivity index (χ4n) is 2.05. The van der Waals surface area contributed by atoms with Crippen LogP contribution >= 0.6 is 15.9 Å². The Labute approximate surface area is 145 Å². The average Bonchev–Trinajstić information content (AvgIpc) is 2.54. The average molecular weight is 380 g/mol. The van der Waals surface area contributed by atoms with E-state index in [1.54, 1.807) is 13.3 Å². The van der Waals surface area contributed by atoms with Crippen LogP contribution in [0, 0.1) is 0 Å². The van der Waals surface area contributed by atoms with Crippen molar-refractivity contribution in [1.82, 2.24) is 9.88 Å². The number of aromatic nitrogens is 1. The van der Waals surface area contributed by atoms with E-state index in [9.17, 15) is 0 Å². The van der Waals surface area contributed by atoms with Crippen molar-refractivity contribution in [3.05, 3.63) is 46.6 Å². The largest absolute Gasteiger partial charge is 0.493 e. The van der Waals surface area contributed by atoms with Crippen LogP contribution in [0.4, 0.5) is 5.82 Å². The second kappa shape index (κ2) is 8.74. The third-order valence-electron chi connectivity index (χ3n) is 3.23. The number of ether oxygens (including phenoxy) is 2. The van der Waals surface area contributed by atoms with Crippen LogP contribution < -0.4 is 14.8 Å². The second-order valence-electron chi connectivity index (χ2n) is 5.32. The monoisotopic (exact) mass is 379 g/mol. The number of nitrogens with zero attached hydrogens (tertiary/aromatic N) is 2. The van der Waals surface area contributed by atoms with Crippen molar-refractivity contribution in [2.45, 2.75) is 6.54 Å². The first-order valence-corrected chi connectivity index (χ1v) is 8.18. The van der Waals surface area contributed by atoms with Gasteiger partial charge in [0.25, 0.3) is 0 Å². The first-order valence-electron chi connectivity index (χ1n) is 7.39. The summed E-state index contributed by atoms with van der Waals surface area (Å²) >= 11 is 3.52. The van der Waals surface area contributed by atoms with Crippen molar-refractivity contribution >= 4 is 21.7 Å². The van der Waals surface area contributed by atoms with Gasteiger partial charge in [0.1, 0.15) is 12.4 Å². The Kier molecular flexibility index (Phi) is 6.67. The van der Waals surface area contributed by atoms with Gasteiger partial charge in [0.2, 0.25) is 0 Å². The van der Waals surface area contributed by atoms with Crippen molar-refractivity contribution < 1.29 is 9.47 Å². The lowest BCUT2D eigenvalue weighted by Crippen LogP contribution is -2.20. The van der Waals surface area contributed by atoms with Crippen molar-refractivity contribution in [2.75, 3.05) is 39.7 Å². The third-order valence-corrected chi connectivity index (χ3v) is 3.68. The summed E-state index contributed by atoms with van der Waals surface area (Å²) in [7, 11) is 5.69. The topological polar surface area (TPSA) is 46.6 Å². The maximum Gasteiger partial charge on any atom is 0.166 e. The lowest BCUT2D eigenvalue weighted by molar-refractivity contribution is 0.249.